The lowest BCUT2D eigenvalue weighted by atomic mass is 10.2. The van der Waals surface area contributed by atoms with Crippen molar-refractivity contribution in [1.29, 1.82) is 0 Å². The maximum absolute atomic E-state index is 13.3. The average Bonchev–Trinajstić information content (AvgIpc) is 3.16. The number of hydrazone groups is 1. The summed E-state index contributed by atoms with van der Waals surface area (Å²) in [6.07, 6.45) is 2.68. The largest absolute Gasteiger partial charge is 0.318 e. The molecular weight excluding hydrogens is 527 g/mol. The lowest BCUT2D eigenvalue weighted by Gasteiger charge is -2.22. The molecule has 1 aromatic heterocycles. The molecule has 7 nitrogen and oxygen atoms in total. The van der Waals surface area contributed by atoms with Gasteiger partial charge in [-0.05, 0) is 86.1 Å². The molecule has 1 amide bonds. The highest BCUT2D eigenvalue weighted by Gasteiger charge is 2.18. The monoisotopic (exact) mass is 552 g/mol. The first kappa shape index (κ1) is 27.1. The van der Waals surface area contributed by atoms with Crippen molar-refractivity contribution in [2.24, 2.45) is 5.10 Å². The molecule has 0 saturated carbocycles. The number of rotatable bonds is 8. The van der Waals surface area contributed by atoms with E-state index in [1.54, 1.807) is 66.9 Å². The molecule has 0 atom stereocenters. The van der Waals surface area contributed by atoms with Gasteiger partial charge in [0.25, 0.3) is 5.91 Å². The number of carbonyl (C=O) groups is 1. The highest BCUT2D eigenvalue weighted by Crippen LogP contribution is 2.23. The van der Waals surface area contributed by atoms with Gasteiger partial charge in [0.15, 0.2) is 0 Å². The predicted molar refractivity (Wildman–Crippen MR) is 149 cm³/mol. The third-order valence-electron chi connectivity index (χ3n) is 5.98. The predicted octanol–water partition coefficient (Wildman–Crippen LogP) is 5.62. The van der Waals surface area contributed by atoms with Crippen LogP contribution in [0.5, 0.6) is 0 Å². The van der Waals surface area contributed by atoms with Gasteiger partial charge in [0, 0.05) is 33.2 Å². The van der Waals surface area contributed by atoms with E-state index in [0.717, 1.165) is 34.5 Å². The van der Waals surface area contributed by atoms with Crippen molar-refractivity contribution in [3.8, 4) is 5.69 Å². The molecule has 1 heterocycles. The fourth-order valence-corrected chi connectivity index (χ4v) is 5.08. The molecule has 0 spiro atoms. The normalized spacial score (nSPS) is 11.6. The lowest BCUT2D eigenvalue weighted by Crippen LogP contribution is -2.29. The molecule has 0 saturated heterocycles. The van der Waals surface area contributed by atoms with Gasteiger partial charge in [-0.25, -0.2) is 18.2 Å². The van der Waals surface area contributed by atoms with Crippen LogP contribution in [0.3, 0.4) is 0 Å². The maximum Gasteiger partial charge on any atom is 0.271 e. The van der Waals surface area contributed by atoms with Crippen molar-refractivity contribution in [3.63, 3.8) is 0 Å². The summed E-state index contributed by atoms with van der Waals surface area (Å²) in [6, 6.07) is 21.3. The van der Waals surface area contributed by atoms with Gasteiger partial charge in [-0.1, -0.05) is 23.7 Å². The molecule has 4 aromatic rings. The molecule has 3 aromatic carbocycles. The zero-order valence-electron chi connectivity index (χ0n) is 21.0. The zero-order chi connectivity index (χ0) is 27.4. The second-order valence-corrected chi connectivity index (χ2v) is 11.1. The van der Waals surface area contributed by atoms with E-state index in [1.807, 2.05) is 24.5 Å². The van der Waals surface area contributed by atoms with Gasteiger partial charge in [-0.15, -0.1) is 0 Å². The van der Waals surface area contributed by atoms with Crippen LogP contribution in [0.15, 0.2) is 84.0 Å². The molecular formula is C28H26ClFN4O3S. The smallest absolute Gasteiger partial charge is 0.271 e. The van der Waals surface area contributed by atoms with Crippen molar-refractivity contribution < 1.29 is 17.6 Å². The molecule has 4 rings (SSSR count). The number of nitrogens with zero attached hydrogens (tertiary/aromatic N) is 3. The van der Waals surface area contributed by atoms with Gasteiger partial charge in [0.05, 0.1) is 24.7 Å². The number of benzene rings is 3. The van der Waals surface area contributed by atoms with E-state index in [4.69, 9.17) is 11.6 Å². The summed E-state index contributed by atoms with van der Waals surface area (Å²) in [7, 11) is -3.58. The Kier molecular flexibility index (Phi) is 7.99. The van der Waals surface area contributed by atoms with Crippen molar-refractivity contribution in [3.05, 3.63) is 118 Å². The Balaban J connectivity index is 1.46. The van der Waals surface area contributed by atoms with Crippen LogP contribution >= 0.6 is 11.6 Å². The molecule has 0 aliphatic rings. The number of halogens is 2. The minimum atomic E-state index is -3.58. The van der Waals surface area contributed by atoms with Crippen molar-refractivity contribution in [2.75, 3.05) is 10.6 Å². The second kappa shape index (κ2) is 11.2. The van der Waals surface area contributed by atoms with Crippen LogP contribution in [0, 0.1) is 19.7 Å². The Bertz CT molecular complexity index is 1580. The topological polar surface area (TPSA) is 83.8 Å². The first-order valence-corrected chi connectivity index (χ1v) is 13.9. The molecule has 38 heavy (non-hydrogen) atoms. The number of anilines is 1. The zero-order valence-corrected chi connectivity index (χ0v) is 22.6. The summed E-state index contributed by atoms with van der Waals surface area (Å²) < 4.78 is 41.4. The Morgan fingerprint density at radius 2 is 1.66 bits per heavy atom. The van der Waals surface area contributed by atoms with Gasteiger partial charge in [0.1, 0.15) is 5.82 Å². The second-order valence-electron chi connectivity index (χ2n) is 8.78. The van der Waals surface area contributed by atoms with Crippen LogP contribution in [-0.2, 0) is 16.6 Å². The van der Waals surface area contributed by atoms with E-state index < -0.39 is 15.9 Å². The Labute approximate surface area is 226 Å². The van der Waals surface area contributed by atoms with Crippen LogP contribution in [0.4, 0.5) is 10.1 Å². The Morgan fingerprint density at radius 1 is 1.03 bits per heavy atom. The molecule has 0 unspecified atom stereocenters. The number of aryl methyl sites for hydroxylation is 1. The fraction of sp³-hybridized carbons (Fsp3) is 0.143. The third kappa shape index (κ3) is 6.30. The van der Waals surface area contributed by atoms with E-state index >= 15 is 0 Å². The van der Waals surface area contributed by atoms with Crippen LogP contribution in [0.1, 0.15) is 32.9 Å². The first-order chi connectivity index (χ1) is 18.0. The molecule has 0 aliphatic carbocycles. The van der Waals surface area contributed by atoms with Crippen LogP contribution in [0.25, 0.3) is 5.69 Å². The van der Waals surface area contributed by atoms with Crippen molar-refractivity contribution in [1.82, 2.24) is 9.99 Å². The average molecular weight is 553 g/mol. The summed E-state index contributed by atoms with van der Waals surface area (Å²) in [5, 5.41) is 4.65. The summed E-state index contributed by atoms with van der Waals surface area (Å²) in [6.45, 7) is 3.97. The van der Waals surface area contributed by atoms with Crippen molar-refractivity contribution >= 4 is 39.4 Å². The lowest BCUT2D eigenvalue weighted by molar-refractivity contribution is 0.0955. The van der Waals surface area contributed by atoms with E-state index in [-0.39, 0.29) is 12.4 Å². The van der Waals surface area contributed by atoms with Crippen LogP contribution in [-0.4, -0.2) is 31.4 Å². The van der Waals surface area contributed by atoms with Gasteiger partial charge >= 0.3 is 0 Å². The fourth-order valence-electron chi connectivity index (χ4n) is 4.07. The van der Waals surface area contributed by atoms with Crippen molar-refractivity contribution in [2.45, 2.75) is 20.4 Å². The minimum absolute atomic E-state index is 0.127. The molecule has 10 heteroatoms. The molecule has 196 valence electrons. The highest BCUT2D eigenvalue weighted by atomic mass is 35.5. The number of hydrogen-bond acceptors (Lipinski definition) is 4. The van der Waals surface area contributed by atoms with E-state index in [2.05, 4.69) is 10.5 Å². The summed E-state index contributed by atoms with van der Waals surface area (Å²) in [5.74, 6) is -0.747. The van der Waals surface area contributed by atoms with Gasteiger partial charge in [-0.2, -0.15) is 5.10 Å². The molecule has 0 bridgehead atoms. The molecule has 0 radical (unpaired) electrons. The molecule has 0 aliphatic heterocycles. The van der Waals surface area contributed by atoms with E-state index in [0.29, 0.717) is 16.3 Å². The number of sulfonamides is 1. The van der Waals surface area contributed by atoms with Gasteiger partial charge < -0.3 is 4.57 Å². The first-order valence-electron chi connectivity index (χ1n) is 11.6. The van der Waals surface area contributed by atoms with Crippen LogP contribution in [0.2, 0.25) is 5.02 Å². The van der Waals surface area contributed by atoms with Crippen LogP contribution < -0.4 is 9.73 Å². The Hall–Kier alpha value is -3.95. The summed E-state index contributed by atoms with van der Waals surface area (Å²) in [5.41, 5.74) is 7.47. The minimum Gasteiger partial charge on any atom is -0.318 e. The highest BCUT2D eigenvalue weighted by molar-refractivity contribution is 7.92. The third-order valence-corrected chi connectivity index (χ3v) is 7.37. The summed E-state index contributed by atoms with van der Waals surface area (Å²) in [4.78, 5) is 12.6. The quantitative estimate of drug-likeness (QED) is 0.227. The van der Waals surface area contributed by atoms with E-state index in [1.165, 1.54) is 16.4 Å². The number of aromatic nitrogens is 1. The summed E-state index contributed by atoms with van der Waals surface area (Å²) >= 11 is 5.93. The van der Waals surface area contributed by atoms with Gasteiger partial charge in [-0.3, -0.25) is 9.10 Å². The molecule has 1 N–H and O–H groups in total. The number of amides is 1. The SMILES string of the molecule is Cc1cc(C=NNC(=O)c2ccc(N(Cc3ccc(Cl)cc3)S(C)(=O)=O)cc2)c(C)n1-c1ccc(F)cc1. The number of carbonyl (C=O) groups excluding carboxylic acids is 1. The van der Waals surface area contributed by atoms with Gasteiger partial charge in [0.2, 0.25) is 10.0 Å². The molecule has 0 fully saturated rings. The maximum atomic E-state index is 13.3. The standard InChI is InChI=1S/C28H26ClFN4O3S/c1-19-16-23(20(2)34(19)27-14-10-25(30)11-15-27)17-31-32-28(35)22-6-12-26(13-7-22)33(38(3,36)37)18-21-4-8-24(29)9-5-21/h4-17H,18H2,1-3H3,(H,32,35). The Morgan fingerprint density at radius 3 is 2.26 bits per heavy atom. The van der Waals surface area contributed by atoms with E-state index in [9.17, 15) is 17.6 Å². The number of hydrogen-bond donors (Lipinski definition) is 1. The number of nitrogens with one attached hydrogen (secondary N) is 1.